The molecule has 7 rings (SSSR count). The van der Waals surface area contributed by atoms with E-state index in [1.807, 2.05) is 78.2 Å². The quantitative estimate of drug-likeness (QED) is 0.0365. The third kappa shape index (κ3) is 31.6. The van der Waals surface area contributed by atoms with E-state index in [1.54, 1.807) is 57.6 Å². The highest BCUT2D eigenvalue weighted by molar-refractivity contribution is 9.11. The first kappa shape index (κ1) is 84.5. The predicted molar refractivity (Wildman–Crippen MR) is 380 cm³/mol. The maximum absolute atomic E-state index is 12.1. The molecular weight excluding hydrogens is 1620 g/mol. The van der Waals surface area contributed by atoms with E-state index in [0.717, 1.165) is 75.3 Å². The van der Waals surface area contributed by atoms with Gasteiger partial charge in [-0.3, -0.25) is 49.3 Å². The largest absolute Gasteiger partial charge is 0.478 e. The maximum atomic E-state index is 12.1. The van der Waals surface area contributed by atoms with Gasteiger partial charge < -0.3 is 40.8 Å². The van der Waals surface area contributed by atoms with Crippen molar-refractivity contribution in [3.05, 3.63) is 197 Å². The molecule has 7 aromatic heterocycles. The summed E-state index contributed by atoms with van der Waals surface area (Å²) in [7, 11) is 0.889. The first-order valence-electron chi connectivity index (χ1n) is 27.3. The van der Waals surface area contributed by atoms with Crippen molar-refractivity contribution in [2.24, 2.45) is 0 Å². The van der Waals surface area contributed by atoms with Gasteiger partial charge >= 0.3 is 20.5 Å². The predicted octanol–water partition coefficient (Wildman–Crippen LogP) is 13.7. The number of aromatic nitrogens is 7. The summed E-state index contributed by atoms with van der Waals surface area (Å²) in [6.07, 6.45) is 23.2. The van der Waals surface area contributed by atoms with Crippen LogP contribution >= 0.6 is 124 Å². The number of halogens is 8. The summed E-state index contributed by atoms with van der Waals surface area (Å²) in [5, 5.41) is 37.3. The number of nitrogens with one attached hydrogen (secondary N) is 3. The van der Waals surface area contributed by atoms with E-state index < -0.39 is 13.0 Å². The van der Waals surface area contributed by atoms with Gasteiger partial charge in [0.1, 0.15) is 0 Å². The van der Waals surface area contributed by atoms with Crippen LogP contribution in [0.2, 0.25) is 13.6 Å². The van der Waals surface area contributed by atoms with Gasteiger partial charge in [0.05, 0.1) is 28.9 Å². The molecule has 1 radical (unpaired) electrons. The third-order valence-corrected chi connectivity index (χ3v) is 16.8. The van der Waals surface area contributed by atoms with Gasteiger partial charge in [-0.25, -0.2) is 9.86 Å². The number of aromatic carboxylic acids is 1. The number of aliphatic hydroxyl groups is 1. The summed E-state index contributed by atoms with van der Waals surface area (Å²) in [5.74, 6) is -1.34. The summed E-state index contributed by atoms with van der Waals surface area (Å²) < 4.78 is 11.6. The summed E-state index contributed by atoms with van der Waals surface area (Å²) in [5.41, 5.74) is 10.5. The van der Waals surface area contributed by atoms with E-state index in [0.29, 0.717) is 40.8 Å². The summed E-state index contributed by atoms with van der Waals surface area (Å²) in [6, 6.07) is 3.23. The van der Waals surface area contributed by atoms with Crippen LogP contribution < -0.4 is 16.0 Å². The Bertz CT molecular complexity index is 3300. The van der Waals surface area contributed by atoms with Crippen molar-refractivity contribution >= 4 is 162 Å². The molecule has 6 N–H and O–H groups in total. The third-order valence-electron chi connectivity index (χ3n) is 11.9. The van der Waals surface area contributed by atoms with Crippen molar-refractivity contribution in [1.82, 2.24) is 60.7 Å². The SMILES string of the molecule is CCN(B(C)O)C(=O)c1cncc(Br)c1C.CCNC(=O)c1cncc(Br)c1.CCNC(=O)c1cncc(Br)c1C.CCNCc1cncc(Br)c1C.C[B]ON(CC)Cc1cncc(Br)c1C.Cc1c(Br)cncc1CO.Cl.O=C(O)c1cncc(Br)c1. The van der Waals surface area contributed by atoms with Crippen LogP contribution in [0.15, 0.2) is 130 Å². The Morgan fingerprint density at radius 1 is 0.539 bits per heavy atom. The number of carbonyl (C=O) groups excluding carboxylic acids is 3. The lowest BCUT2D eigenvalue weighted by atomic mass is 9.84. The second-order valence-corrected chi connectivity index (χ2v) is 24.2. The van der Waals surface area contributed by atoms with Crippen molar-refractivity contribution in [3.8, 4) is 0 Å². The molecule has 0 aromatic carbocycles. The Kier molecular flexibility index (Phi) is 45.0. The van der Waals surface area contributed by atoms with E-state index >= 15 is 0 Å². The zero-order valence-corrected chi connectivity index (χ0v) is 63.4. The van der Waals surface area contributed by atoms with Crippen LogP contribution in [0.3, 0.4) is 0 Å². The highest BCUT2D eigenvalue weighted by Gasteiger charge is 2.24. The second-order valence-electron chi connectivity index (χ2n) is 18.1. The molecule has 30 heteroatoms. The smallest absolute Gasteiger partial charge is 0.412 e. The number of hydrogen-bond donors (Lipinski definition) is 6. The zero-order chi connectivity index (χ0) is 66.5. The van der Waals surface area contributed by atoms with Crippen LogP contribution in [0.25, 0.3) is 0 Å². The molecule has 0 spiro atoms. The lowest BCUT2D eigenvalue weighted by Crippen LogP contribution is -2.42. The molecule has 0 atom stereocenters. The van der Waals surface area contributed by atoms with E-state index in [2.05, 4.69) is 190 Å². The molecule has 3 amide bonds. The molecule has 0 unspecified atom stereocenters. The number of amides is 3. The molecule has 89 heavy (non-hydrogen) atoms. The Morgan fingerprint density at radius 2 is 0.944 bits per heavy atom. The first-order valence-corrected chi connectivity index (χ1v) is 32.8. The number of aliphatic hydroxyl groups excluding tert-OH is 1. The van der Waals surface area contributed by atoms with Gasteiger partial charge in [-0.15, -0.1) is 12.4 Å². The number of carboxylic acids is 1. The minimum atomic E-state index is -0.964. The Balaban J connectivity index is 0.00000102. The van der Waals surface area contributed by atoms with Crippen molar-refractivity contribution in [2.75, 3.05) is 32.7 Å². The molecule has 0 fully saturated rings. The lowest BCUT2D eigenvalue weighted by molar-refractivity contribution is -0.0602. The van der Waals surface area contributed by atoms with Crippen molar-refractivity contribution in [1.29, 1.82) is 0 Å². The topological polar surface area (TPSA) is 271 Å². The van der Waals surface area contributed by atoms with Crippen LogP contribution in [-0.4, -0.2) is 131 Å². The molecule has 7 aromatic rings. The molecule has 0 saturated heterocycles. The Morgan fingerprint density at radius 3 is 1.36 bits per heavy atom. The van der Waals surface area contributed by atoms with Crippen LogP contribution in [-0.2, 0) is 24.5 Å². The molecule has 0 bridgehead atoms. The summed E-state index contributed by atoms with van der Waals surface area (Å²) >= 11 is 23.2. The van der Waals surface area contributed by atoms with E-state index in [1.165, 1.54) is 57.9 Å². The molecular formula is C59H75B2Br7ClN12O8. The molecule has 7 heterocycles. The highest BCUT2D eigenvalue weighted by atomic mass is 79.9. The lowest BCUT2D eigenvalue weighted by Gasteiger charge is -2.22. The van der Waals surface area contributed by atoms with Crippen LogP contribution in [0.1, 0.15) is 121 Å². The van der Waals surface area contributed by atoms with Gasteiger partial charge in [0, 0.05) is 157 Å². The first-order chi connectivity index (χ1) is 41.8. The molecule has 0 aliphatic heterocycles. The monoisotopic (exact) mass is 1690 g/mol. The maximum Gasteiger partial charge on any atom is 0.412 e. The summed E-state index contributed by atoms with van der Waals surface area (Å²) in [4.78, 5) is 74.1. The zero-order valence-electron chi connectivity index (χ0n) is 51.5. The van der Waals surface area contributed by atoms with Crippen LogP contribution in [0.4, 0.5) is 0 Å². The fraction of sp³-hybridized carbons (Fsp3) is 0.339. The number of pyridine rings is 7. The van der Waals surface area contributed by atoms with Gasteiger partial charge in [-0.2, -0.15) is 0 Å². The van der Waals surface area contributed by atoms with E-state index in [4.69, 9.17) is 15.0 Å². The van der Waals surface area contributed by atoms with Gasteiger partial charge in [-0.1, -0.05) is 20.7 Å². The van der Waals surface area contributed by atoms with Crippen molar-refractivity contribution in [3.63, 3.8) is 0 Å². The summed E-state index contributed by atoms with van der Waals surface area (Å²) in [6.45, 7) is 28.3. The number of hydroxylamine groups is 2. The van der Waals surface area contributed by atoms with Crippen molar-refractivity contribution < 1.29 is 39.2 Å². The van der Waals surface area contributed by atoms with Gasteiger partial charge in [0.15, 0.2) is 0 Å². The fourth-order valence-corrected chi connectivity index (χ4v) is 9.21. The molecule has 0 aliphatic carbocycles. The number of nitrogens with zero attached hydrogens (tertiary/aromatic N) is 9. The Hall–Kier alpha value is -4.49. The average Bonchev–Trinajstić information content (AvgIpc) is 3.69. The highest BCUT2D eigenvalue weighted by Crippen LogP contribution is 2.22. The van der Waals surface area contributed by atoms with Crippen LogP contribution in [0.5, 0.6) is 0 Å². The average molecular weight is 1700 g/mol. The van der Waals surface area contributed by atoms with Gasteiger partial charge in [0.25, 0.3) is 11.8 Å². The Labute approximate surface area is 588 Å². The van der Waals surface area contributed by atoms with E-state index in [9.17, 15) is 24.2 Å². The van der Waals surface area contributed by atoms with Crippen molar-refractivity contribution in [2.45, 2.75) is 103 Å². The van der Waals surface area contributed by atoms with E-state index in [-0.39, 0.29) is 42.3 Å². The number of hydrogen-bond acceptors (Lipinski definition) is 16. The number of carbonyl (C=O) groups is 4. The minimum Gasteiger partial charge on any atom is -0.478 e. The molecule has 0 aliphatic rings. The number of carboxylic acid groups (broad SMARTS) is 1. The fourth-order valence-electron chi connectivity index (χ4n) is 6.70. The number of rotatable bonds is 17. The second kappa shape index (κ2) is 47.4. The molecule has 0 saturated carbocycles. The van der Waals surface area contributed by atoms with Gasteiger partial charge in [0.2, 0.25) is 5.91 Å². The van der Waals surface area contributed by atoms with Gasteiger partial charge in [-0.05, 0) is 237 Å². The van der Waals surface area contributed by atoms with Crippen LogP contribution in [0, 0.1) is 34.6 Å². The normalized spacial score (nSPS) is 9.87. The molecule has 20 nitrogen and oxygen atoms in total. The molecule has 481 valence electrons. The standard InChI is InChI=1S/C10H14BBrN2O2.C10H15BBrN2O.C9H11BrN2O.C9H13BrN2.C8H9BrN2O.C7H8BrNO.C6H4BrNO2.ClH/c1-4-14(11(3)16)10(15)8-5-13-6-9(12)7(8)2;1-4-14(15-11-3)7-9-5-13-6-10(12)8(9)2;1-3-12-9(13)7-4-11-5-8(10)6(7)2;1-3-11-4-8-5-12-6-9(10)7(8)2;1-2-11-8(12)6-3-7(9)5-10-4-6;1-5-6(4-10)2-9-3-7(5)8;7-5-1-4(6(9)10)2-8-3-5;/h5-6,16H,4H2,1-3H3;5-6H,4,7H2,1-3H3;4-5H,3H2,1-2H3,(H,12,13);5-6,11H,3-4H2,1-2H3;3-5H,2H2,1H3,(H,11,12);2-3,10H,4H2,1H3;1-3H,(H,9,10);1H. The minimum absolute atomic E-state index is 0.